The first-order valence-electron chi connectivity index (χ1n) is 4.72. The van der Waals surface area contributed by atoms with E-state index >= 15 is 0 Å². The third kappa shape index (κ3) is 1.43. The normalized spacial score (nSPS) is 14.2. The molecule has 0 N–H and O–H groups in total. The predicted molar refractivity (Wildman–Crippen MR) is 58.8 cm³/mol. The van der Waals surface area contributed by atoms with Crippen molar-refractivity contribution in [3.63, 3.8) is 0 Å². The predicted octanol–water partition coefficient (Wildman–Crippen LogP) is 3.17. The van der Waals surface area contributed by atoms with E-state index < -0.39 is 0 Å². The van der Waals surface area contributed by atoms with Crippen molar-refractivity contribution in [3.8, 4) is 0 Å². The van der Waals surface area contributed by atoms with Gasteiger partial charge in [0.2, 0.25) is 5.90 Å². The quantitative estimate of drug-likeness (QED) is 0.661. The molecule has 0 unspecified atom stereocenters. The molecule has 0 atom stereocenters. The Morgan fingerprint density at radius 2 is 2.00 bits per heavy atom. The van der Waals surface area contributed by atoms with Crippen LogP contribution in [0.4, 0.5) is 5.69 Å². The van der Waals surface area contributed by atoms with Crippen LogP contribution in [0.3, 0.4) is 0 Å². The Hall–Kier alpha value is -1.57. The number of fused-ring (bicyclic) bond motifs is 1. The number of hydrogen-bond acceptors (Lipinski definition) is 2. The van der Waals surface area contributed by atoms with Crippen molar-refractivity contribution in [2.45, 2.75) is 20.0 Å². The number of rotatable bonds is 1. The van der Waals surface area contributed by atoms with Gasteiger partial charge in [-0.3, -0.25) is 0 Å². The summed E-state index contributed by atoms with van der Waals surface area (Å²) in [5.74, 6) is 0.654. The highest BCUT2D eigenvalue weighted by atomic mass is 16.5. The third-order valence-electron chi connectivity index (χ3n) is 2.06. The summed E-state index contributed by atoms with van der Waals surface area (Å²) in [4.78, 5) is 4.37. The Balaban J connectivity index is 2.32. The first kappa shape index (κ1) is 9.00. The summed E-state index contributed by atoms with van der Waals surface area (Å²) in [5.41, 5.74) is 2.91. The van der Waals surface area contributed by atoms with Crippen LogP contribution in [0.15, 0.2) is 35.8 Å². The van der Waals surface area contributed by atoms with Gasteiger partial charge in [-0.05, 0) is 19.9 Å². The molecule has 0 saturated heterocycles. The molecule has 1 heterocycles. The van der Waals surface area contributed by atoms with Crippen LogP contribution in [0.25, 0.3) is 5.57 Å². The molecule has 0 aromatic heterocycles. The zero-order valence-electron chi connectivity index (χ0n) is 8.45. The SMILES string of the molecule is C=C1C(OC(C)C)=Nc2ccccc21. The minimum Gasteiger partial charge on any atom is -0.475 e. The summed E-state index contributed by atoms with van der Waals surface area (Å²) in [6.07, 6.45) is 0.139. The smallest absolute Gasteiger partial charge is 0.221 e. The van der Waals surface area contributed by atoms with Gasteiger partial charge in [0.05, 0.1) is 11.8 Å². The van der Waals surface area contributed by atoms with E-state index in [4.69, 9.17) is 4.74 Å². The lowest BCUT2D eigenvalue weighted by atomic mass is 10.1. The maximum Gasteiger partial charge on any atom is 0.221 e. The van der Waals surface area contributed by atoms with Gasteiger partial charge in [0.25, 0.3) is 0 Å². The van der Waals surface area contributed by atoms with E-state index in [1.165, 1.54) is 0 Å². The van der Waals surface area contributed by atoms with E-state index in [1.807, 2.05) is 38.1 Å². The summed E-state index contributed by atoms with van der Waals surface area (Å²) in [7, 11) is 0. The molecule has 0 fully saturated rings. The van der Waals surface area contributed by atoms with Gasteiger partial charge in [0.15, 0.2) is 0 Å². The molecule has 2 nitrogen and oxygen atoms in total. The largest absolute Gasteiger partial charge is 0.475 e. The number of ether oxygens (including phenoxy) is 1. The van der Waals surface area contributed by atoms with Crippen LogP contribution in [-0.2, 0) is 4.74 Å². The molecular formula is C12H13NO. The molecule has 0 bridgehead atoms. The Kier molecular flexibility index (Phi) is 2.12. The first-order valence-corrected chi connectivity index (χ1v) is 4.72. The molecule has 72 valence electrons. The molecule has 14 heavy (non-hydrogen) atoms. The van der Waals surface area contributed by atoms with Crippen LogP contribution in [0.1, 0.15) is 19.4 Å². The summed E-state index contributed by atoms with van der Waals surface area (Å²) in [6, 6.07) is 7.93. The standard InChI is InChI=1S/C12H13NO/c1-8(2)14-12-9(3)10-6-4-5-7-11(10)13-12/h4-8H,3H2,1-2H3. The van der Waals surface area contributed by atoms with Gasteiger partial charge in [-0.15, -0.1) is 0 Å². The molecule has 1 aromatic rings. The lowest BCUT2D eigenvalue weighted by Gasteiger charge is -2.09. The van der Waals surface area contributed by atoms with Gasteiger partial charge in [-0.2, -0.15) is 0 Å². The molecule has 1 aliphatic heterocycles. The zero-order valence-corrected chi connectivity index (χ0v) is 8.45. The highest BCUT2D eigenvalue weighted by molar-refractivity contribution is 6.24. The second-order valence-electron chi connectivity index (χ2n) is 3.58. The topological polar surface area (TPSA) is 21.6 Å². The zero-order chi connectivity index (χ0) is 10.1. The molecule has 0 spiro atoms. The van der Waals surface area contributed by atoms with Crippen molar-refractivity contribution < 1.29 is 4.74 Å². The number of nitrogens with zero attached hydrogens (tertiary/aromatic N) is 1. The lowest BCUT2D eigenvalue weighted by Crippen LogP contribution is -2.09. The monoisotopic (exact) mass is 187 g/mol. The molecule has 1 aromatic carbocycles. The van der Waals surface area contributed by atoms with Crippen LogP contribution in [0.5, 0.6) is 0 Å². The van der Waals surface area contributed by atoms with E-state index in [2.05, 4.69) is 11.6 Å². The minimum atomic E-state index is 0.139. The third-order valence-corrected chi connectivity index (χ3v) is 2.06. The molecule has 1 aliphatic rings. The van der Waals surface area contributed by atoms with Gasteiger partial charge in [-0.25, -0.2) is 4.99 Å². The van der Waals surface area contributed by atoms with Crippen molar-refractivity contribution in [2.24, 2.45) is 4.99 Å². The van der Waals surface area contributed by atoms with Crippen LogP contribution < -0.4 is 0 Å². The molecular weight excluding hydrogens is 174 g/mol. The van der Waals surface area contributed by atoms with Crippen molar-refractivity contribution in [1.29, 1.82) is 0 Å². The van der Waals surface area contributed by atoms with Gasteiger partial charge < -0.3 is 4.74 Å². The average molecular weight is 187 g/mol. The van der Waals surface area contributed by atoms with Crippen molar-refractivity contribution in [1.82, 2.24) is 0 Å². The molecule has 2 heteroatoms. The molecule has 0 radical (unpaired) electrons. The van der Waals surface area contributed by atoms with E-state index in [-0.39, 0.29) is 6.10 Å². The second kappa shape index (κ2) is 3.29. The summed E-state index contributed by atoms with van der Waals surface area (Å²) in [6.45, 7) is 7.94. The fourth-order valence-corrected chi connectivity index (χ4v) is 1.44. The highest BCUT2D eigenvalue weighted by Crippen LogP contribution is 2.33. The fraction of sp³-hybridized carbons (Fsp3) is 0.250. The van der Waals surface area contributed by atoms with Crippen LogP contribution in [0.2, 0.25) is 0 Å². The molecule has 2 rings (SSSR count). The summed E-state index contributed by atoms with van der Waals surface area (Å²) >= 11 is 0. The maximum absolute atomic E-state index is 5.56. The second-order valence-corrected chi connectivity index (χ2v) is 3.58. The number of aliphatic imine (C=N–C) groups is 1. The van der Waals surface area contributed by atoms with E-state index in [9.17, 15) is 0 Å². The van der Waals surface area contributed by atoms with Crippen molar-refractivity contribution in [3.05, 3.63) is 36.4 Å². The van der Waals surface area contributed by atoms with Gasteiger partial charge in [0.1, 0.15) is 0 Å². The Labute approximate surface area is 83.9 Å². The van der Waals surface area contributed by atoms with Crippen molar-refractivity contribution >= 4 is 17.2 Å². The van der Waals surface area contributed by atoms with E-state index in [1.54, 1.807) is 0 Å². The Morgan fingerprint density at radius 1 is 1.29 bits per heavy atom. The first-order chi connectivity index (χ1) is 6.68. The number of para-hydroxylation sites is 1. The van der Waals surface area contributed by atoms with Gasteiger partial charge in [0, 0.05) is 11.1 Å². The van der Waals surface area contributed by atoms with Gasteiger partial charge in [-0.1, -0.05) is 24.8 Å². The maximum atomic E-state index is 5.56. The molecule has 0 amide bonds. The average Bonchev–Trinajstić information content (AvgIpc) is 2.44. The van der Waals surface area contributed by atoms with Crippen LogP contribution >= 0.6 is 0 Å². The molecule has 0 saturated carbocycles. The van der Waals surface area contributed by atoms with Crippen LogP contribution in [-0.4, -0.2) is 12.0 Å². The van der Waals surface area contributed by atoms with Crippen molar-refractivity contribution in [2.75, 3.05) is 0 Å². The summed E-state index contributed by atoms with van der Waals surface area (Å²) < 4.78 is 5.56. The minimum absolute atomic E-state index is 0.139. The number of benzene rings is 1. The van der Waals surface area contributed by atoms with Gasteiger partial charge >= 0.3 is 0 Å². The van der Waals surface area contributed by atoms with E-state index in [0.29, 0.717) is 5.90 Å². The molecule has 0 aliphatic carbocycles. The fourth-order valence-electron chi connectivity index (χ4n) is 1.44. The highest BCUT2D eigenvalue weighted by Gasteiger charge is 2.20. The Morgan fingerprint density at radius 3 is 2.64 bits per heavy atom. The number of hydrogen-bond donors (Lipinski definition) is 0. The lowest BCUT2D eigenvalue weighted by molar-refractivity contribution is 0.233. The van der Waals surface area contributed by atoms with E-state index in [0.717, 1.165) is 16.8 Å². The Bertz CT molecular complexity index is 405. The summed E-state index contributed by atoms with van der Waals surface area (Å²) in [5, 5.41) is 0. The van der Waals surface area contributed by atoms with Crippen LogP contribution in [0, 0.1) is 0 Å².